The zero-order chi connectivity index (χ0) is 13.5. The van der Waals surface area contributed by atoms with Crippen molar-refractivity contribution in [3.05, 3.63) is 35.9 Å². The third-order valence-electron chi connectivity index (χ3n) is 3.80. The summed E-state index contributed by atoms with van der Waals surface area (Å²) < 4.78 is 0. The van der Waals surface area contributed by atoms with E-state index in [4.69, 9.17) is 5.26 Å². The van der Waals surface area contributed by atoms with Gasteiger partial charge in [-0.3, -0.25) is 4.79 Å². The number of rotatable bonds is 4. The molecule has 1 aromatic rings. The maximum absolute atomic E-state index is 11.9. The molecule has 0 heterocycles. The van der Waals surface area contributed by atoms with Crippen LogP contribution in [0.15, 0.2) is 30.3 Å². The predicted octanol–water partition coefficient (Wildman–Crippen LogP) is 2.82. The first-order valence-electron chi connectivity index (χ1n) is 6.98. The number of nitrogens with zero attached hydrogens (tertiary/aromatic N) is 1. The van der Waals surface area contributed by atoms with Gasteiger partial charge in [0.1, 0.15) is 0 Å². The summed E-state index contributed by atoms with van der Waals surface area (Å²) in [5, 5.41) is 11.8. The van der Waals surface area contributed by atoms with Crippen LogP contribution in [0.4, 0.5) is 0 Å². The predicted molar refractivity (Wildman–Crippen MR) is 74.3 cm³/mol. The molecular weight excluding hydrogens is 236 g/mol. The van der Waals surface area contributed by atoms with E-state index in [1.54, 1.807) is 0 Å². The second-order valence-electron chi connectivity index (χ2n) is 5.31. The number of benzene rings is 1. The third-order valence-corrected chi connectivity index (χ3v) is 3.80. The molecule has 0 spiro atoms. The molecule has 0 radical (unpaired) electrons. The quantitative estimate of drug-likeness (QED) is 0.900. The van der Waals surface area contributed by atoms with Crippen molar-refractivity contribution in [2.75, 3.05) is 0 Å². The molecule has 19 heavy (non-hydrogen) atoms. The van der Waals surface area contributed by atoms with Crippen molar-refractivity contribution >= 4 is 5.91 Å². The van der Waals surface area contributed by atoms with E-state index in [2.05, 4.69) is 11.4 Å². The summed E-state index contributed by atoms with van der Waals surface area (Å²) >= 11 is 0. The minimum atomic E-state index is 0.106. The Morgan fingerprint density at radius 3 is 2.53 bits per heavy atom. The van der Waals surface area contributed by atoms with Gasteiger partial charge in [0.2, 0.25) is 5.91 Å². The van der Waals surface area contributed by atoms with Crippen LogP contribution in [0.25, 0.3) is 0 Å². The van der Waals surface area contributed by atoms with Gasteiger partial charge in [-0.15, -0.1) is 0 Å². The fourth-order valence-electron chi connectivity index (χ4n) is 2.70. The highest BCUT2D eigenvalue weighted by atomic mass is 16.1. The van der Waals surface area contributed by atoms with Gasteiger partial charge in [0.25, 0.3) is 0 Å². The first-order chi connectivity index (χ1) is 9.28. The molecule has 0 atom stereocenters. The molecule has 0 bridgehead atoms. The number of carbonyl (C=O) groups excluding carboxylic acids is 1. The summed E-state index contributed by atoms with van der Waals surface area (Å²) in [5.41, 5.74) is 1.05. The lowest BCUT2D eigenvalue weighted by molar-refractivity contribution is -0.121. The maximum Gasteiger partial charge on any atom is 0.224 e. The number of hydrogen-bond acceptors (Lipinski definition) is 2. The summed E-state index contributed by atoms with van der Waals surface area (Å²) in [7, 11) is 0. The molecular formula is C16H20N2O. The van der Waals surface area contributed by atoms with E-state index < -0.39 is 0 Å². The Hall–Kier alpha value is -1.82. The van der Waals surface area contributed by atoms with Crippen LogP contribution in [0.2, 0.25) is 0 Å². The highest BCUT2D eigenvalue weighted by molar-refractivity contribution is 5.78. The highest BCUT2D eigenvalue weighted by Gasteiger charge is 2.22. The van der Waals surface area contributed by atoms with Gasteiger partial charge in [-0.1, -0.05) is 30.3 Å². The zero-order valence-electron chi connectivity index (χ0n) is 11.1. The molecule has 0 saturated heterocycles. The Labute approximate surface area is 114 Å². The molecule has 0 unspecified atom stereocenters. The summed E-state index contributed by atoms with van der Waals surface area (Å²) in [6.45, 7) is 0. The zero-order valence-corrected chi connectivity index (χ0v) is 11.1. The van der Waals surface area contributed by atoms with E-state index in [0.717, 1.165) is 31.2 Å². The summed E-state index contributed by atoms with van der Waals surface area (Å²) in [6.07, 6.45) is 5.25. The molecule has 1 N–H and O–H groups in total. The highest BCUT2D eigenvalue weighted by Crippen LogP contribution is 2.26. The Kier molecular flexibility index (Phi) is 4.97. The van der Waals surface area contributed by atoms with Crippen molar-refractivity contribution in [1.82, 2.24) is 5.32 Å². The molecule has 1 aromatic carbocycles. The molecule has 1 saturated carbocycles. The Morgan fingerprint density at radius 1 is 1.21 bits per heavy atom. The lowest BCUT2D eigenvalue weighted by Gasteiger charge is -2.27. The lowest BCUT2D eigenvalue weighted by Crippen LogP contribution is -2.38. The van der Waals surface area contributed by atoms with E-state index in [1.165, 1.54) is 0 Å². The smallest absolute Gasteiger partial charge is 0.224 e. The average Bonchev–Trinajstić information content (AvgIpc) is 2.42. The van der Waals surface area contributed by atoms with E-state index >= 15 is 0 Å². The van der Waals surface area contributed by atoms with Gasteiger partial charge in [0.05, 0.1) is 12.5 Å². The first-order valence-corrected chi connectivity index (χ1v) is 6.98. The van der Waals surface area contributed by atoms with Crippen LogP contribution < -0.4 is 5.32 Å². The van der Waals surface area contributed by atoms with E-state index in [0.29, 0.717) is 24.8 Å². The van der Waals surface area contributed by atoms with Crippen LogP contribution in [0.1, 0.15) is 37.7 Å². The van der Waals surface area contributed by atoms with Crippen LogP contribution in [-0.4, -0.2) is 11.9 Å². The average molecular weight is 256 g/mol. The van der Waals surface area contributed by atoms with Gasteiger partial charge < -0.3 is 5.32 Å². The normalized spacial score (nSPS) is 22.5. The number of amides is 1. The van der Waals surface area contributed by atoms with Crippen molar-refractivity contribution in [2.24, 2.45) is 5.92 Å². The van der Waals surface area contributed by atoms with Gasteiger partial charge in [-0.2, -0.15) is 5.26 Å². The largest absolute Gasteiger partial charge is 0.353 e. The molecule has 100 valence electrons. The lowest BCUT2D eigenvalue weighted by atomic mass is 9.84. The molecule has 0 aromatic heterocycles. The summed E-state index contributed by atoms with van der Waals surface area (Å²) in [4.78, 5) is 11.9. The number of nitriles is 1. The fraction of sp³-hybridized carbons (Fsp3) is 0.500. The van der Waals surface area contributed by atoms with Crippen molar-refractivity contribution in [3.63, 3.8) is 0 Å². The molecule has 1 amide bonds. The SMILES string of the molecule is N#CCC1CCC(NC(=O)Cc2ccccc2)CC1. The second kappa shape index (κ2) is 6.94. The van der Waals surface area contributed by atoms with Gasteiger partial charge in [-0.05, 0) is 37.2 Å². The van der Waals surface area contributed by atoms with Crippen molar-refractivity contribution < 1.29 is 4.79 Å². The van der Waals surface area contributed by atoms with Gasteiger partial charge >= 0.3 is 0 Å². The van der Waals surface area contributed by atoms with Crippen molar-refractivity contribution in [3.8, 4) is 6.07 Å². The van der Waals surface area contributed by atoms with E-state index in [-0.39, 0.29) is 5.91 Å². The van der Waals surface area contributed by atoms with Gasteiger partial charge in [0, 0.05) is 12.5 Å². The topological polar surface area (TPSA) is 52.9 Å². The van der Waals surface area contributed by atoms with Crippen LogP contribution in [0, 0.1) is 17.2 Å². The van der Waals surface area contributed by atoms with Crippen molar-refractivity contribution in [1.29, 1.82) is 5.26 Å². The molecule has 1 aliphatic carbocycles. The van der Waals surface area contributed by atoms with E-state index in [1.807, 2.05) is 30.3 Å². The molecule has 1 aliphatic rings. The fourth-order valence-corrected chi connectivity index (χ4v) is 2.70. The molecule has 0 aliphatic heterocycles. The minimum absolute atomic E-state index is 0.106. The Bertz CT molecular complexity index is 442. The van der Waals surface area contributed by atoms with E-state index in [9.17, 15) is 4.79 Å². The third kappa shape index (κ3) is 4.40. The second-order valence-corrected chi connectivity index (χ2v) is 5.31. The summed E-state index contributed by atoms with van der Waals surface area (Å²) in [5.74, 6) is 0.641. The number of carbonyl (C=O) groups is 1. The Balaban J connectivity index is 1.74. The standard InChI is InChI=1S/C16H20N2O/c17-11-10-13-6-8-15(9-7-13)18-16(19)12-14-4-2-1-3-5-14/h1-5,13,15H,6-10,12H2,(H,18,19). The maximum atomic E-state index is 11.9. The molecule has 3 nitrogen and oxygen atoms in total. The van der Waals surface area contributed by atoms with Gasteiger partial charge in [-0.25, -0.2) is 0 Å². The molecule has 1 fully saturated rings. The number of hydrogen-bond donors (Lipinski definition) is 1. The van der Waals surface area contributed by atoms with Crippen molar-refractivity contribution in [2.45, 2.75) is 44.6 Å². The van der Waals surface area contributed by atoms with Crippen LogP contribution in [0.5, 0.6) is 0 Å². The number of nitrogens with one attached hydrogen (secondary N) is 1. The Morgan fingerprint density at radius 2 is 1.89 bits per heavy atom. The monoisotopic (exact) mass is 256 g/mol. The first kappa shape index (κ1) is 13.6. The van der Waals surface area contributed by atoms with Crippen LogP contribution >= 0.6 is 0 Å². The minimum Gasteiger partial charge on any atom is -0.353 e. The van der Waals surface area contributed by atoms with Gasteiger partial charge in [0.15, 0.2) is 0 Å². The summed E-state index contributed by atoms with van der Waals surface area (Å²) in [6, 6.07) is 12.4. The van der Waals surface area contributed by atoms with Crippen LogP contribution in [-0.2, 0) is 11.2 Å². The molecule has 3 heteroatoms. The molecule has 2 rings (SSSR count). The van der Waals surface area contributed by atoms with Crippen LogP contribution in [0.3, 0.4) is 0 Å².